The number of ether oxygens (including phenoxy) is 2. The second-order valence-electron chi connectivity index (χ2n) is 17.7. The number of fused-ring (bicyclic) bond motifs is 2. The zero-order chi connectivity index (χ0) is 54.9. The van der Waals surface area contributed by atoms with E-state index in [2.05, 4.69) is 28.8 Å². The highest BCUT2D eigenvalue weighted by atomic mass is 35.5. The first-order valence-electron chi connectivity index (χ1n) is 22.1. The number of benzene rings is 4. The fourth-order valence-corrected chi connectivity index (χ4v) is 11.6. The molecular weight excluding hydrogens is 1120 g/mol. The van der Waals surface area contributed by atoms with E-state index in [4.69, 9.17) is 32.7 Å². The number of methoxy groups -OCH3 is 2. The van der Waals surface area contributed by atoms with E-state index in [-0.39, 0.29) is 72.9 Å². The normalized spacial score (nSPS) is 19.5. The van der Waals surface area contributed by atoms with Crippen LogP contribution in [0.15, 0.2) is 138 Å². The van der Waals surface area contributed by atoms with Crippen LogP contribution in [0.1, 0.15) is 56.1 Å². The number of anilines is 2. The van der Waals surface area contributed by atoms with E-state index >= 15 is 0 Å². The van der Waals surface area contributed by atoms with Gasteiger partial charge in [-0.3, -0.25) is 28.2 Å². The summed E-state index contributed by atoms with van der Waals surface area (Å²) in [4.78, 5) is 25.6. The van der Waals surface area contributed by atoms with Gasteiger partial charge in [-0.15, -0.1) is 0 Å². The second kappa shape index (κ2) is 20.3. The van der Waals surface area contributed by atoms with Gasteiger partial charge in [-0.1, -0.05) is 40.9 Å². The Morgan fingerprint density at radius 1 is 0.584 bits per heavy atom. The molecule has 0 radical (unpaired) electrons. The predicted molar refractivity (Wildman–Crippen MR) is 267 cm³/mol. The fraction of sp³-hybridized carbons (Fsp3) is 0.265. The van der Waals surface area contributed by atoms with Crippen molar-refractivity contribution in [3.8, 4) is 22.9 Å². The van der Waals surface area contributed by atoms with Crippen molar-refractivity contribution in [3.05, 3.63) is 151 Å². The highest BCUT2D eigenvalue weighted by molar-refractivity contribution is 7.93. The lowest BCUT2D eigenvalue weighted by Crippen LogP contribution is -2.50. The summed E-state index contributed by atoms with van der Waals surface area (Å²) >= 11 is 12.8. The zero-order valence-electron chi connectivity index (χ0n) is 38.8. The molecule has 4 heterocycles. The number of hydrogen-bond donors (Lipinski definition) is 2. The van der Waals surface area contributed by atoms with Gasteiger partial charge in [-0.05, 0) is 121 Å². The molecule has 0 spiro atoms. The number of hydrogen-bond acceptors (Lipinski definition) is 12. The molecule has 0 bridgehead atoms. The lowest BCUT2D eigenvalue weighted by Gasteiger charge is -2.42. The van der Waals surface area contributed by atoms with Gasteiger partial charge in [0, 0.05) is 45.1 Å². The number of halogens is 10. The first-order valence-corrected chi connectivity index (χ1v) is 25.8. The maximum absolute atomic E-state index is 14.2. The number of nitrogens with one attached hydrogen (secondary N) is 2. The van der Waals surface area contributed by atoms with Crippen LogP contribution in [0.3, 0.4) is 0 Å². The van der Waals surface area contributed by atoms with Crippen LogP contribution < -0.4 is 30.0 Å². The number of rotatable bonds is 12. The number of nitrogens with zero attached hydrogens (tertiary/aromatic N) is 4. The molecule has 2 aliphatic rings. The van der Waals surface area contributed by atoms with Crippen molar-refractivity contribution >= 4 is 76.7 Å². The summed E-state index contributed by atoms with van der Waals surface area (Å²) in [6.07, 6.45) is -10.6. The van der Waals surface area contributed by atoms with Gasteiger partial charge in [0.25, 0.3) is 31.2 Å². The Kier molecular flexibility index (Phi) is 14.8. The van der Waals surface area contributed by atoms with Crippen LogP contribution in [0.5, 0.6) is 11.5 Å². The van der Waals surface area contributed by atoms with Gasteiger partial charge in [-0.2, -0.15) is 26.3 Å². The molecule has 4 aromatic heterocycles. The quantitative estimate of drug-likeness (QED) is 0.110. The minimum absolute atomic E-state index is 0. The van der Waals surface area contributed by atoms with Crippen LogP contribution in [0, 0.1) is 0 Å². The standard InChI is InChI=1S/2C24H18ClF4N3O5S.CH4/c2*1-36-20-9-16(14-11-23(26,12-14)24(27,28)29)17(25)10-19(20)32-18-4-3-15(8-13(18)2-5-22(32)33)38(34,35)31-21-6-7-37-30-21;/h2*2-10,14H,11-12H2,1H3,(H,30,31);1H4. The molecule has 408 valence electrons. The van der Waals surface area contributed by atoms with Crippen molar-refractivity contribution in [3.63, 3.8) is 0 Å². The highest BCUT2D eigenvalue weighted by Crippen LogP contribution is 2.58. The van der Waals surface area contributed by atoms with Gasteiger partial charge in [0.05, 0.1) is 46.4 Å². The molecule has 8 aromatic rings. The molecule has 2 fully saturated rings. The van der Waals surface area contributed by atoms with Gasteiger partial charge in [-0.25, -0.2) is 25.6 Å². The van der Waals surface area contributed by atoms with Crippen molar-refractivity contribution in [2.75, 3.05) is 23.7 Å². The van der Waals surface area contributed by atoms with Gasteiger partial charge in [0.15, 0.2) is 11.6 Å². The average Bonchev–Trinajstić information content (AvgIpc) is 4.06. The monoisotopic (exact) mass is 1160 g/mol. The summed E-state index contributed by atoms with van der Waals surface area (Å²) in [5.41, 5.74) is -6.05. The van der Waals surface area contributed by atoms with E-state index in [1.807, 2.05) is 0 Å². The van der Waals surface area contributed by atoms with Crippen LogP contribution in [0.25, 0.3) is 33.2 Å². The molecule has 0 atom stereocenters. The molecule has 77 heavy (non-hydrogen) atoms. The summed E-state index contributed by atoms with van der Waals surface area (Å²) in [6, 6.07) is 21.6. The minimum Gasteiger partial charge on any atom is -0.495 e. The Morgan fingerprint density at radius 3 is 1.26 bits per heavy atom. The molecule has 0 saturated heterocycles. The summed E-state index contributed by atoms with van der Waals surface area (Å²) in [6.45, 7) is 0. The van der Waals surface area contributed by atoms with Crippen molar-refractivity contribution < 1.29 is 70.5 Å². The Bertz CT molecular complexity index is 3650. The predicted octanol–water partition coefficient (Wildman–Crippen LogP) is 11.8. The van der Waals surface area contributed by atoms with E-state index in [0.29, 0.717) is 21.8 Å². The van der Waals surface area contributed by atoms with Crippen LogP contribution in [-0.2, 0) is 20.0 Å². The summed E-state index contributed by atoms with van der Waals surface area (Å²) in [7, 11) is -5.44. The molecule has 10 rings (SSSR count). The van der Waals surface area contributed by atoms with Gasteiger partial charge in [0.1, 0.15) is 24.0 Å². The smallest absolute Gasteiger partial charge is 0.422 e. The molecule has 4 aromatic carbocycles. The van der Waals surface area contributed by atoms with E-state index in [1.165, 1.54) is 133 Å². The first-order chi connectivity index (χ1) is 35.7. The second-order valence-corrected chi connectivity index (χ2v) is 21.8. The third-order valence-corrected chi connectivity index (χ3v) is 16.3. The number of aromatic nitrogens is 4. The Hall–Kier alpha value is -7.16. The topological polar surface area (TPSA) is 207 Å². The largest absolute Gasteiger partial charge is 0.495 e. The molecule has 0 aliphatic heterocycles. The summed E-state index contributed by atoms with van der Waals surface area (Å²) in [5, 5.41) is 7.86. The number of alkyl halides is 8. The lowest BCUT2D eigenvalue weighted by atomic mass is 9.68. The van der Waals surface area contributed by atoms with E-state index in [0.717, 1.165) is 0 Å². The van der Waals surface area contributed by atoms with Crippen molar-refractivity contribution in [1.82, 2.24) is 19.4 Å². The molecular formula is C49H40Cl2F8N6O10S2. The zero-order valence-corrected chi connectivity index (χ0v) is 42.0. The molecule has 2 saturated carbocycles. The Morgan fingerprint density at radius 2 is 0.948 bits per heavy atom. The highest BCUT2D eigenvalue weighted by Gasteiger charge is 2.64. The van der Waals surface area contributed by atoms with Gasteiger partial charge in [0.2, 0.25) is 11.3 Å². The average molecular weight is 1160 g/mol. The molecule has 2 aliphatic carbocycles. The van der Waals surface area contributed by atoms with Crippen molar-refractivity contribution in [2.45, 2.75) is 78.4 Å². The molecule has 0 unspecified atom stereocenters. The van der Waals surface area contributed by atoms with Crippen LogP contribution >= 0.6 is 23.2 Å². The van der Waals surface area contributed by atoms with Crippen LogP contribution in [-0.4, -0.2) is 74.2 Å². The summed E-state index contributed by atoms with van der Waals surface area (Å²) < 4.78 is 184. The molecule has 0 amide bonds. The van der Waals surface area contributed by atoms with Gasteiger partial charge < -0.3 is 18.5 Å². The van der Waals surface area contributed by atoms with Gasteiger partial charge >= 0.3 is 12.4 Å². The van der Waals surface area contributed by atoms with E-state index < -0.39 is 92.4 Å². The Labute approximate surface area is 441 Å². The molecule has 16 nitrogen and oxygen atoms in total. The number of pyridine rings is 2. The maximum Gasteiger partial charge on any atom is 0.422 e. The summed E-state index contributed by atoms with van der Waals surface area (Å²) in [5.74, 6) is -1.36. The lowest BCUT2D eigenvalue weighted by molar-refractivity contribution is -0.260. The maximum atomic E-state index is 14.2. The molecule has 2 N–H and O–H groups in total. The van der Waals surface area contributed by atoms with Crippen LogP contribution in [0.2, 0.25) is 10.0 Å². The van der Waals surface area contributed by atoms with E-state index in [1.54, 1.807) is 0 Å². The third kappa shape index (κ3) is 10.5. The fourth-order valence-electron chi connectivity index (χ4n) is 8.97. The number of sulfonamides is 2. The minimum atomic E-state index is -4.98. The van der Waals surface area contributed by atoms with Crippen molar-refractivity contribution in [1.29, 1.82) is 0 Å². The van der Waals surface area contributed by atoms with Crippen molar-refractivity contribution in [2.24, 2.45) is 0 Å². The molecule has 28 heteroatoms. The third-order valence-electron chi connectivity index (χ3n) is 13.0. The Balaban J connectivity index is 0.000000201. The SMILES string of the molecule is C.COc1cc(C2CC(F)(C(F)(F)F)C2)c(Cl)cc1-n1c(=O)ccc2cc(S(=O)(=O)Nc3ccon3)ccc21.COc1cc(C2CC(F)(C(F)(F)F)C2)c(Cl)cc1-n1c(=O)ccc2cc(S(=O)(=O)Nc3ccon3)ccc21. The van der Waals surface area contributed by atoms with E-state index in [9.17, 15) is 61.5 Å². The first kappa shape index (κ1) is 56.1. The van der Waals surface area contributed by atoms with Crippen LogP contribution in [0.4, 0.5) is 46.8 Å².